The summed E-state index contributed by atoms with van der Waals surface area (Å²) in [5.41, 5.74) is -1.04. The molecule has 0 aliphatic heterocycles. The number of aliphatic hydroxyl groups excluding tert-OH is 1. The average molecular weight is 447 g/mol. The fraction of sp³-hybridized carbons (Fsp3) is 0.333. The fourth-order valence-corrected chi connectivity index (χ4v) is 3.68. The van der Waals surface area contributed by atoms with E-state index in [9.17, 15) is 27.9 Å². The van der Waals surface area contributed by atoms with E-state index in [0.717, 1.165) is 23.2 Å². The summed E-state index contributed by atoms with van der Waals surface area (Å²) in [5.74, 6) is -0.686. The Hall–Kier alpha value is -3.47. The average Bonchev–Trinajstić information content (AvgIpc) is 3.35. The molecular weight excluding hydrogens is 427 g/mol. The summed E-state index contributed by atoms with van der Waals surface area (Å²) in [6.45, 7) is 0. The summed E-state index contributed by atoms with van der Waals surface area (Å²) < 4.78 is 41.2. The molecule has 0 unspecified atom stereocenters. The Bertz CT molecular complexity index is 1200. The Morgan fingerprint density at radius 2 is 1.94 bits per heavy atom. The van der Waals surface area contributed by atoms with Crippen molar-refractivity contribution < 1.29 is 23.1 Å². The van der Waals surface area contributed by atoms with E-state index in [0.29, 0.717) is 24.1 Å². The minimum Gasteiger partial charge on any atom is -0.391 e. The van der Waals surface area contributed by atoms with Gasteiger partial charge in [0.2, 0.25) is 0 Å². The summed E-state index contributed by atoms with van der Waals surface area (Å²) in [6.07, 6.45) is -0.401. The highest BCUT2D eigenvalue weighted by Gasteiger charge is 2.31. The van der Waals surface area contributed by atoms with Gasteiger partial charge < -0.3 is 10.4 Å². The number of aliphatic hydroxyl groups is 1. The summed E-state index contributed by atoms with van der Waals surface area (Å²) >= 11 is 0. The number of nitrogens with zero attached hydrogens (tertiary/aromatic N) is 4. The van der Waals surface area contributed by atoms with Crippen LogP contribution in [0, 0.1) is 0 Å². The number of nitrogens with one attached hydrogen (secondary N) is 1. The Kier molecular flexibility index (Phi) is 5.59. The van der Waals surface area contributed by atoms with Gasteiger partial charge in [-0.05, 0) is 37.5 Å². The number of hydrogen-bond acceptors (Lipinski definition) is 5. The lowest BCUT2D eigenvalue weighted by Crippen LogP contribution is -2.42. The van der Waals surface area contributed by atoms with Gasteiger partial charge in [-0.1, -0.05) is 12.1 Å². The maximum Gasteiger partial charge on any atom is 0.416 e. The van der Waals surface area contributed by atoms with E-state index in [2.05, 4.69) is 15.5 Å². The molecular formula is C21H20F3N5O3. The smallest absolute Gasteiger partial charge is 0.391 e. The predicted molar refractivity (Wildman–Crippen MR) is 108 cm³/mol. The SMILES string of the molecule is Cn1cc(-n2nc(-c3ccc(C(F)(F)F)cc3)cc(C(=O)N[C@H]3CCC[C@H]3O)c2=O)cn1. The molecule has 1 aliphatic carbocycles. The lowest BCUT2D eigenvalue weighted by atomic mass is 10.1. The van der Waals surface area contributed by atoms with E-state index in [1.807, 2.05) is 0 Å². The van der Waals surface area contributed by atoms with Crippen LogP contribution in [0.25, 0.3) is 16.9 Å². The van der Waals surface area contributed by atoms with Crippen LogP contribution in [0.4, 0.5) is 13.2 Å². The number of aryl methyl sites for hydroxylation is 1. The summed E-state index contributed by atoms with van der Waals surface area (Å²) in [6, 6.07) is 5.04. The minimum atomic E-state index is -4.49. The van der Waals surface area contributed by atoms with Gasteiger partial charge in [0.05, 0.1) is 35.8 Å². The third-order valence-electron chi connectivity index (χ3n) is 5.40. The van der Waals surface area contributed by atoms with Crippen molar-refractivity contribution in [1.29, 1.82) is 0 Å². The number of halogens is 3. The fourth-order valence-electron chi connectivity index (χ4n) is 3.68. The zero-order valence-corrected chi connectivity index (χ0v) is 17.0. The Labute approximate surface area is 180 Å². The Morgan fingerprint density at radius 1 is 1.22 bits per heavy atom. The molecule has 2 atom stereocenters. The first-order valence-electron chi connectivity index (χ1n) is 9.93. The molecule has 168 valence electrons. The number of rotatable bonds is 4. The van der Waals surface area contributed by atoms with Crippen LogP contribution in [0.3, 0.4) is 0 Å². The first kappa shape index (κ1) is 21.8. The van der Waals surface area contributed by atoms with Crippen LogP contribution in [0.1, 0.15) is 35.2 Å². The molecule has 1 saturated carbocycles. The van der Waals surface area contributed by atoms with Crippen LogP contribution in [-0.2, 0) is 13.2 Å². The third kappa shape index (κ3) is 4.28. The molecule has 0 bridgehead atoms. The summed E-state index contributed by atoms with van der Waals surface area (Å²) in [5, 5.41) is 20.9. The number of amides is 1. The van der Waals surface area contributed by atoms with Crippen LogP contribution in [0.2, 0.25) is 0 Å². The van der Waals surface area contributed by atoms with Crippen LogP contribution in [0.15, 0.2) is 47.5 Å². The van der Waals surface area contributed by atoms with Crippen LogP contribution in [0.5, 0.6) is 0 Å². The standard InChI is InChI=1S/C21H20F3N5O3/c1-28-11-14(10-25-28)29-20(32)15(19(31)26-16-3-2-4-18(16)30)9-17(27-29)12-5-7-13(8-6-12)21(22,23)24/h5-11,16,18,30H,2-4H2,1H3,(H,26,31)/t16-,18+/m0/s1. The van der Waals surface area contributed by atoms with E-state index in [1.54, 1.807) is 7.05 Å². The quantitative estimate of drug-likeness (QED) is 0.639. The van der Waals surface area contributed by atoms with Crippen molar-refractivity contribution in [3.05, 3.63) is 64.2 Å². The lowest BCUT2D eigenvalue weighted by molar-refractivity contribution is -0.137. The molecule has 0 radical (unpaired) electrons. The normalized spacial score (nSPS) is 18.7. The molecule has 32 heavy (non-hydrogen) atoms. The van der Waals surface area contributed by atoms with Gasteiger partial charge in [-0.2, -0.15) is 28.1 Å². The molecule has 1 amide bonds. The Morgan fingerprint density at radius 3 is 2.50 bits per heavy atom. The molecule has 0 saturated heterocycles. The number of alkyl halides is 3. The second-order valence-electron chi connectivity index (χ2n) is 7.69. The van der Waals surface area contributed by atoms with E-state index < -0.39 is 35.4 Å². The second-order valence-corrected chi connectivity index (χ2v) is 7.69. The summed E-state index contributed by atoms with van der Waals surface area (Å²) in [7, 11) is 1.64. The molecule has 1 aliphatic rings. The first-order chi connectivity index (χ1) is 15.1. The van der Waals surface area contributed by atoms with Crippen molar-refractivity contribution in [2.75, 3.05) is 0 Å². The highest BCUT2D eigenvalue weighted by molar-refractivity contribution is 5.95. The van der Waals surface area contributed by atoms with Gasteiger partial charge in [0.15, 0.2) is 0 Å². The largest absolute Gasteiger partial charge is 0.416 e. The van der Waals surface area contributed by atoms with Crippen LogP contribution in [-0.4, -0.2) is 42.7 Å². The van der Waals surface area contributed by atoms with Crippen molar-refractivity contribution in [2.45, 2.75) is 37.6 Å². The zero-order chi connectivity index (χ0) is 23.0. The highest BCUT2D eigenvalue weighted by atomic mass is 19.4. The molecule has 2 aromatic heterocycles. The van der Waals surface area contributed by atoms with E-state index in [-0.39, 0.29) is 11.3 Å². The molecule has 2 N–H and O–H groups in total. The minimum absolute atomic E-state index is 0.138. The number of benzene rings is 1. The van der Waals surface area contributed by atoms with Gasteiger partial charge in [-0.15, -0.1) is 0 Å². The zero-order valence-electron chi connectivity index (χ0n) is 17.0. The number of aromatic nitrogens is 4. The Balaban J connectivity index is 1.79. The molecule has 1 fully saturated rings. The van der Waals surface area contributed by atoms with Gasteiger partial charge in [-0.25, -0.2) is 0 Å². The second kappa shape index (κ2) is 8.23. The van der Waals surface area contributed by atoms with Gasteiger partial charge in [-0.3, -0.25) is 14.3 Å². The van der Waals surface area contributed by atoms with Crippen molar-refractivity contribution in [2.24, 2.45) is 7.05 Å². The lowest BCUT2D eigenvalue weighted by Gasteiger charge is -2.17. The van der Waals surface area contributed by atoms with Crippen LogP contribution >= 0.6 is 0 Å². The van der Waals surface area contributed by atoms with Gasteiger partial charge in [0.1, 0.15) is 11.3 Å². The maximum absolute atomic E-state index is 13.0. The molecule has 11 heteroatoms. The third-order valence-corrected chi connectivity index (χ3v) is 5.40. The van der Waals surface area contributed by atoms with E-state index in [1.165, 1.54) is 35.3 Å². The van der Waals surface area contributed by atoms with Gasteiger partial charge in [0, 0.05) is 12.6 Å². The number of carbonyl (C=O) groups is 1. The monoisotopic (exact) mass is 447 g/mol. The van der Waals surface area contributed by atoms with Gasteiger partial charge >= 0.3 is 6.18 Å². The molecule has 0 spiro atoms. The molecule has 1 aromatic carbocycles. The number of hydrogen-bond donors (Lipinski definition) is 2. The molecule has 4 rings (SSSR count). The van der Waals surface area contributed by atoms with Crippen LogP contribution < -0.4 is 10.9 Å². The van der Waals surface area contributed by atoms with Crippen molar-refractivity contribution in [1.82, 2.24) is 24.9 Å². The highest BCUT2D eigenvalue weighted by Crippen LogP contribution is 2.30. The predicted octanol–water partition coefficient (Wildman–Crippen LogP) is 2.29. The topological polar surface area (TPSA) is 102 Å². The first-order valence-corrected chi connectivity index (χ1v) is 9.93. The van der Waals surface area contributed by atoms with E-state index >= 15 is 0 Å². The van der Waals surface area contributed by atoms with Gasteiger partial charge in [0.25, 0.3) is 11.5 Å². The maximum atomic E-state index is 13.0. The molecule has 8 nitrogen and oxygen atoms in total. The van der Waals surface area contributed by atoms with Crippen molar-refractivity contribution >= 4 is 5.91 Å². The van der Waals surface area contributed by atoms with E-state index in [4.69, 9.17) is 0 Å². The van der Waals surface area contributed by atoms with Crippen molar-refractivity contribution in [3.8, 4) is 16.9 Å². The molecule has 3 aromatic rings. The number of carbonyl (C=O) groups excluding carboxylic acids is 1. The van der Waals surface area contributed by atoms with Crippen molar-refractivity contribution in [3.63, 3.8) is 0 Å². The molecule has 2 heterocycles. The summed E-state index contributed by atoms with van der Waals surface area (Å²) in [4.78, 5) is 25.9.